The van der Waals surface area contributed by atoms with Crippen LogP contribution in [0.2, 0.25) is 0 Å². The van der Waals surface area contributed by atoms with Crippen LogP contribution < -0.4 is 15.4 Å². The number of nitrogens with one attached hydrogen (secondary N) is 2. The van der Waals surface area contributed by atoms with Crippen LogP contribution in [-0.4, -0.2) is 25.0 Å². The fourth-order valence-corrected chi connectivity index (χ4v) is 3.50. The first-order chi connectivity index (χ1) is 15.7. The Bertz CT molecular complexity index is 1220. The topological polar surface area (TPSA) is 67.4 Å². The lowest BCUT2D eigenvalue weighted by molar-refractivity contribution is -0.118. The molecule has 0 unspecified atom stereocenters. The second-order valence-electron chi connectivity index (χ2n) is 7.35. The molecule has 0 fully saturated rings. The summed E-state index contributed by atoms with van der Waals surface area (Å²) >= 11 is 0. The largest absolute Gasteiger partial charge is 0.483 e. The first-order valence-corrected chi connectivity index (χ1v) is 10.5. The van der Waals surface area contributed by atoms with E-state index in [-0.39, 0.29) is 18.4 Å². The van der Waals surface area contributed by atoms with Crippen LogP contribution in [0.5, 0.6) is 5.75 Å². The normalized spacial score (nSPS) is 10.5. The van der Waals surface area contributed by atoms with E-state index >= 15 is 0 Å². The second-order valence-corrected chi connectivity index (χ2v) is 7.35. The van der Waals surface area contributed by atoms with Gasteiger partial charge in [0.1, 0.15) is 5.75 Å². The number of hydrogen-bond donors (Lipinski definition) is 2. The van der Waals surface area contributed by atoms with Crippen LogP contribution in [0.3, 0.4) is 0 Å². The molecule has 0 saturated heterocycles. The van der Waals surface area contributed by atoms with Crippen molar-refractivity contribution in [1.82, 2.24) is 5.32 Å². The maximum absolute atomic E-state index is 12.7. The number of anilines is 1. The van der Waals surface area contributed by atoms with Gasteiger partial charge in [-0.1, -0.05) is 78.9 Å². The number of ether oxygens (including phenoxy) is 1. The highest BCUT2D eigenvalue weighted by Crippen LogP contribution is 2.25. The van der Waals surface area contributed by atoms with Gasteiger partial charge in [0.05, 0.1) is 11.3 Å². The van der Waals surface area contributed by atoms with E-state index in [1.54, 1.807) is 24.3 Å². The van der Waals surface area contributed by atoms with E-state index in [0.717, 1.165) is 22.8 Å². The Labute approximate surface area is 187 Å². The van der Waals surface area contributed by atoms with Gasteiger partial charge in [0.15, 0.2) is 6.61 Å². The Hall–Kier alpha value is -4.12. The van der Waals surface area contributed by atoms with Crippen molar-refractivity contribution < 1.29 is 14.3 Å². The smallest absolute Gasteiger partial charge is 0.262 e. The number of para-hydroxylation sites is 1. The molecule has 2 N–H and O–H groups in total. The van der Waals surface area contributed by atoms with E-state index < -0.39 is 0 Å². The van der Waals surface area contributed by atoms with Crippen molar-refractivity contribution >= 4 is 28.3 Å². The van der Waals surface area contributed by atoms with Crippen molar-refractivity contribution in [2.45, 2.75) is 6.42 Å². The lowest BCUT2D eigenvalue weighted by Crippen LogP contribution is -2.28. The molecule has 0 aromatic heterocycles. The van der Waals surface area contributed by atoms with Crippen LogP contribution in [0.1, 0.15) is 15.9 Å². The minimum atomic E-state index is -0.331. The summed E-state index contributed by atoms with van der Waals surface area (Å²) in [5, 5.41) is 7.70. The zero-order chi connectivity index (χ0) is 22.2. The third-order valence-electron chi connectivity index (χ3n) is 5.10. The van der Waals surface area contributed by atoms with Gasteiger partial charge >= 0.3 is 0 Å². The van der Waals surface area contributed by atoms with E-state index in [2.05, 4.69) is 10.6 Å². The van der Waals surface area contributed by atoms with Crippen LogP contribution in [-0.2, 0) is 11.2 Å². The zero-order valence-corrected chi connectivity index (χ0v) is 17.6. The number of carbonyl (C=O) groups excluding carboxylic acids is 2. The highest BCUT2D eigenvalue weighted by molar-refractivity contribution is 6.04. The summed E-state index contributed by atoms with van der Waals surface area (Å²) in [5.41, 5.74) is 2.02. The molecule has 0 aliphatic rings. The average molecular weight is 425 g/mol. The molecule has 4 aromatic rings. The molecule has 32 heavy (non-hydrogen) atoms. The van der Waals surface area contributed by atoms with E-state index in [0.29, 0.717) is 23.5 Å². The minimum absolute atomic E-state index is 0.155. The Morgan fingerprint density at radius 3 is 2.34 bits per heavy atom. The quantitative estimate of drug-likeness (QED) is 0.426. The van der Waals surface area contributed by atoms with Gasteiger partial charge in [-0.15, -0.1) is 0 Å². The van der Waals surface area contributed by atoms with Gasteiger partial charge in [-0.3, -0.25) is 9.59 Å². The maximum atomic E-state index is 12.7. The van der Waals surface area contributed by atoms with E-state index in [4.69, 9.17) is 4.74 Å². The zero-order valence-electron chi connectivity index (χ0n) is 17.6. The lowest BCUT2D eigenvalue weighted by atomic mass is 10.1. The highest BCUT2D eigenvalue weighted by Gasteiger charge is 2.13. The third kappa shape index (κ3) is 5.32. The number of hydrogen-bond acceptors (Lipinski definition) is 3. The van der Waals surface area contributed by atoms with Crippen LogP contribution >= 0.6 is 0 Å². The molecule has 5 nitrogen and oxygen atoms in total. The van der Waals surface area contributed by atoms with Crippen molar-refractivity contribution in [3.63, 3.8) is 0 Å². The number of carbonyl (C=O) groups is 2. The van der Waals surface area contributed by atoms with E-state index in [1.165, 1.54) is 0 Å². The predicted molar refractivity (Wildman–Crippen MR) is 127 cm³/mol. The maximum Gasteiger partial charge on any atom is 0.262 e. The third-order valence-corrected chi connectivity index (χ3v) is 5.10. The van der Waals surface area contributed by atoms with Crippen LogP contribution in [0.4, 0.5) is 5.69 Å². The van der Waals surface area contributed by atoms with Crippen LogP contribution in [0.25, 0.3) is 10.8 Å². The Morgan fingerprint density at radius 2 is 1.47 bits per heavy atom. The van der Waals surface area contributed by atoms with Crippen molar-refractivity contribution in [1.29, 1.82) is 0 Å². The van der Waals surface area contributed by atoms with Gasteiger partial charge in [-0.25, -0.2) is 0 Å². The minimum Gasteiger partial charge on any atom is -0.483 e. The molecule has 0 spiro atoms. The van der Waals surface area contributed by atoms with Gasteiger partial charge in [0, 0.05) is 11.9 Å². The van der Waals surface area contributed by atoms with Crippen molar-refractivity contribution in [3.8, 4) is 5.75 Å². The number of amides is 2. The molecule has 160 valence electrons. The lowest BCUT2D eigenvalue weighted by Gasteiger charge is -2.13. The molecule has 5 heteroatoms. The summed E-state index contributed by atoms with van der Waals surface area (Å²) in [4.78, 5) is 25.2. The molecule has 0 atom stereocenters. The summed E-state index contributed by atoms with van der Waals surface area (Å²) < 4.78 is 5.75. The van der Waals surface area contributed by atoms with Gasteiger partial charge in [0.25, 0.3) is 11.8 Å². The summed E-state index contributed by atoms with van der Waals surface area (Å²) in [7, 11) is 0. The van der Waals surface area contributed by atoms with Gasteiger partial charge < -0.3 is 15.4 Å². The summed E-state index contributed by atoms with van der Waals surface area (Å²) in [6.07, 6.45) is 0.736. The Balaban J connectivity index is 1.35. The number of fused-ring (bicyclic) bond motifs is 1. The second kappa shape index (κ2) is 10.3. The molecule has 0 aliphatic carbocycles. The van der Waals surface area contributed by atoms with Crippen LogP contribution in [0.15, 0.2) is 97.1 Å². The molecule has 4 rings (SSSR count). The van der Waals surface area contributed by atoms with Gasteiger partial charge in [-0.2, -0.15) is 0 Å². The van der Waals surface area contributed by atoms with Crippen LogP contribution in [0, 0.1) is 0 Å². The van der Waals surface area contributed by atoms with Crippen molar-refractivity contribution in [2.24, 2.45) is 0 Å². The summed E-state index contributed by atoms with van der Waals surface area (Å²) in [5.74, 6) is 0.0828. The molecular weight excluding hydrogens is 400 g/mol. The van der Waals surface area contributed by atoms with Crippen molar-refractivity contribution in [2.75, 3.05) is 18.5 Å². The monoisotopic (exact) mass is 424 g/mol. The molecule has 0 aliphatic heterocycles. The molecule has 0 bridgehead atoms. The van der Waals surface area contributed by atoms with Gasteiger partial charge in [0.2, 0.25) is 0 Å². The summed E-state index contributed by atoms with van der Waals surface area (Å²) in [6.45, 7) is 0.354. The standard InChI is InChI=1S/C27H24N2O3/c30-26(19-32-25-16-8-12-21-11-4-5-13-22(21)25)29-24-15-7-6-14-23(24)27(31)28-18-17-20-9-2-1-3-10-20/h1-16H,17-19H2,(H,28,31)(H,29,30). The Kier molecular flexibility index (Phi) is 6.78. The highest BCUT2D eigenvalue weighted by atomic mass is 16.5. The first-order valence-electron chi connectivity index (χ1n) is 10.5. The number of rotatable bonds is 8. The van der Waals surface area contributed by atoms with Gasteiger partial charge in [-0.05, 0) is 35.6 Å². The van der Waals surface area contributed by atoms with Crippen molar-refractivity contribution in [3.05, 3.63) is 108 Å². The Morgan fingerprint density at radius 1 is 0.750 bits per heavy atom. The van der Waals surface area contributed by atoms with E-state index in [1.807, 2.05) is 72.8 Å². The molecule has 0 saturated carbocycles. The first kappa shape index (κ1) is 21.1. The SMILES string of the molecule is O=C(COc1cccc2ccccc12)Nc1ccccc1C(=O)NCCc1ccccc1. The summed E-state index contributed by atoms with van der Waals surface area (Å²) in [6, 6.07) is 30.5. The molecule has 0 heterocycles. The van der Waals surface area contributed by atoms with E-state index in [9.17, 15) is 9.59 Å². The fraction of sp³-hybridized carbons (Fsp3) is 0.111. The molecule has 2 amide bonds. The molecule has 4 aromatic carbocycles. The molecule has 0 radical (unpaired) electrons. The fourth-order valence-electron chi connectivity index (χ4n) is 3.50. The number of benzene rings is 4. The molecular formula is C27H24N2O3. The average Bonchev–Trinajstić information content (AvgIpc) is 2.83. The predicted octanol–water partition coefficient (Wildman–Crippen LogP) is 4.83.